The van der Waals surface area contributed by atoms with Gasteiger partial charge in [0.2, 0.25) is 5.16 Å². The van der Waals surface area contributed by atoms with Crippen molar-refractivity contribution in [2.75, 3.05) is 13.7 Å². The van der Waals surface area contributed by atoms with Gasteiger partial charge in [-0.1, -0.05) is 23.9 Å². The number of benzene rings is 1. The number of nitrogens with zero attached hydrogens (tertiary/aromatic N) is 4. The third-order valence-electron chi connectivity index (χ3n) is 2.65. The molecule has 0 spiro atoms. The molecule has 8 heteroatoms. The van der Waals surface area contributed by atoms with E-state index >= 15 is 0 Å². The highest BCUT2D eigenvalue weighted by Gasteiger charge is 2.20. The summed E-state index contributed by atoms with van der Waals surface area (Å²) in [4.78, 5) is 11.5. The van der Waals surface area contributed by atoms with Crippen molar-refractivity contribution in [3.05, 3.63) is 24.3 Å². The Morgan fingerprint density at radius 2 is 2.19 bits per heavy atom. The van der Waals surface area contributed by atoms with E-state index in [0.717, 1.165) is 5.69 Å². The maximum absolute atomic E-state index is 11.5. The third kappa shape index (κ3) is 3.52. The van der Waals surface area contributed by atoms with Gasteiger partial charge in [-0.2, -0.15) is 4.68 Å². The largest absolute Gasteiger partial charge is 0.492 e. The fraction of sp³-hybridized carbons (Fsp3) is 0.385. The van der Waals surface area contributed by atoms with Gasteiger partial charge in [-0.05, 0) is 36.4 Å². The predicted molar refractivity (Wildman–Crippen MR) is 77.7 cm³/mol. The Morgan fingerprint density at radius 3 is 2.90 bits per heavy atom. The number of hydrogen-bond acceptors (Lipinski definition) is 7. The van der Waals surface area contributed by atoms with Crippen molar-refractivity contribution in [1.82, 2.24) is 20.2 Å². The van der Waals surface area contributed by atoms with Crippen molar-refractivity contribution >= 4 is 17.7 Å². The normalized spacial score (nSPS) is 12.0. The van der Waals surface area contributed by atoms with Crippen LogP contribution in [0.25, 0.3) is 5.69 Å². The number of rotatable bonds is 6. The highest BCUT2D eigenvalue weighted by Crippen LogP contribution is 2.28. The molecule has 21 heavy (non-hydrogen) atoms. The minimum atomic E-state index is -0.404. The van der Waals surface area contributed by atoms with Crippen LogP contribution in [-0.2, 0) is 9.53 Å². The first-order valence-corrected chi connectivity index (χ1v) is 7.30. The molecule has 112 valence electrons. The molecule has 0 bridgehead atoms. The first-order valence-electron chi connectivity index (χ1n) is 6.42. The topological polar surface area (TPSA) is 79.1 Å². The van der Waals surface area contributed by atoms with Gasteiger partial charge in [-0.25, -0.2) is 0 Å². The summed E-state index contributed by atoms with van der Waals surface area (Å²) in [5, 5.41) is 11.7. The van der Waals surface area contributed by atoms with Crippen LogP contribution in [-0.4, -0.2) is 45.1 Å². The minimum absolute atomic E-state index is 0.326. The van der Waals surface area contributed by atoms with Crippen molar-refractivity contribution in [3.8, 4) is 11.4 Å². The fourth-order valence-electron chi connectivity index (χ4n) is 1.69. The van der Waals surface area contributed by atoms with Gasteiger partial charge in [0.1, 0.15) is 16.7 Å². The molecule has 0 unspecified atom stereocenters. The maximum atomic E-state index is 11.5. The molecule has 0 aliphatic rings. The number of methoxy groups -OCH3 is 1. The van der Waals surface area contributed by atoms with Gasteiger partial charge in [0, 0.05) is 0 Å². The van der Waals surface area contributed by atoms with Crippen LogP contribution >= 0.6 is 11.8 Å². The summed E-state index contributed by atoms with van der Waals surface area (Å²) in [5.41, 5.74) is 0.726. The van der Waals surface area contributed by atoms with Crippen LogP contribution in [0, 0.1) is 0 Å². The number of tetrazole rings is 1. The lowest BCUT2D eigenvalue weighted by Crippen LogP contribution is -2.15. The Labute approximate surface area is 126 Å². The molecule has 0 saturated heterocycles. The molecule has 2 rings (SSSR count). The molecule has 0 N–H and O–H groups in total. The summed E-state index contributed by atoms with van der Waals surface area (Å²) in [6.45, 7) is 4.19. The standard InChI is InChI=1S/C13H16N4O3S/c1-4-20-11-8-6-5-7-10(11)17-13(14-15-16-17)21-9(2)12(18)19-3/h5-9H,4H2,1-3H3/t9-/m0/s1. The number of para-hydroxylation sites is 2. The van der Waals surface area contributed by atoms with E-state index in [-0.39, 0.29) is 5.97 Å². The third-order valence-corrected chi connectivity index (χ3v) is 3.66. The summed E-state index contributed by atoms with van der Waals surface area (Å²) in [5.74, 6) is 0.354. The summed E-state index contributed by atoms with van der Waals surface area (Å²) in [7, 11) is 1.35. The van der Waals surface area contributed by atoms with E-state index in [2.05, 4.69) is 15.5 Å². The van der Waals surface area contributed by atoms with Gasteiger partial charge < -0.3 is 9.47 Å². The monoisotopic (exact) mass is 308 g/mol. The van der Waals surface area contributed by atoms with E-state index < -0.39 is 5.25 Å². The van der Waals surface area contributed by atoms with Crippen LogP contribution in [0.5, 0.6) is 5.75 Å². The van der Waals surface area contributed by atoms with Crippen molar-refractivity contribution in [2.45, 2.75) is 24.3 Å². The molecule has 1 aromatic carbocycles. The van der Waals surface area contributed by atoms with Crippen molar-refractivity contribution < 1.29 is 14.3 Å². The Kier molecular flexibility index (Phi) is 5.15. The van der Waals surface area contributed by atoms with Crippen molar-refractivity contribution in [1.29, 1.82) is 0 Å². The molecule has 1 atom stereocenters. The van der Waals surface area contributed by atoms with E-state index in [1.807, 2.05) is 31.2 Å². The lowest BCUT2D eigenvalue weighted by molar-refractivity contribution is -0.139. The highest BCUT2D eigenvalue weighted by atomic mass is 32.2. The maximum Gasteiger partial charge on any atom is 0.318 e. The molecule has 0 amide bonds. The summed E-state index contributed by atoms with van der Waals surface area (Å²) < 4.78 is 11.8. The number of carbonyl (C=O) groups is 1. The van der Waals surface area contributed by atoms with Crippen LogP contribution in [0.2, 0.25) is 0 Å². The zero-order valence-corrected chi connectivity index (χ0v) is 12.8. The van der Waals surface area contributed by atoms with E-state index in [1.54, 1.807) is 11.6 Å². The SMILES string of the molecule is CCOc1ccccc1-n1nnnc1S[C@@H](C)C(=O)OC. The molecule has 0 aliphatic carbocycles. The Morgan fingerprint density at radius 1 is 1.43 bits per heavy atom. The van der Waals surface area contributed by atoms with Crippen LogP contribution in [0.1, 0.15) is 13.8 Å². The van der Waals surface area contributed by atoms with E-state index in [4.69, 9.17) is 9.47 Å². The number of esters is 1. The molecule has 1 aromatic heterocycles. The molecule has 0 saturated carbocycles. The zero-order valence-electron chi connectivity index (χ0n) is 12.0. The summed E-state index contributed by atoms with van der Waals surface area (Å²) in [6.07, 6.45) is 0. The second-order valence-corrected chi connectivity index (χ2v) is 5.37. The van der Waals surface area contributed by atoms with Crippen molar-refractivity contribution in [3.63, 3.8) is 0 Å². The first kappa shape index (κ1) is 15.3. The molecule has 7 nitrogen and oxygen atoms in total. The Bertz CT molecular complexity index is 617. The lowest BCUT2D eigenvalue weighted by Gasteiger charge is -2.12. The van der Waals surface area contributed by atoms with Crippen LogP contribution in [0.15, 0.2) is 29.4 Å². The predicted octanol–water partition coefficient (Wildman–Crippen LogP) is 1.71. The smallest absolute Gasteiger partial charge is 0.318 e. The molecule has 1 heterocycles. The van der Waals surface area contributed by atoms with Gasteiger partial charge >= 0.3 is 5.97 Å². The van der Waals surface area contributed by atoms with Crippen LogP contribution < -0.4 is 4.74 Å². The molecular formula is C13H16N4O3S. The van der Waals surface area contributed by atoms with Crippen molar-refractivity contribution in [2.24, 2.45) is 0 Å². The minimum Gasteiger partial charge on any atom is -0.492 e. The molecule has 0 radical (unpaired) electrons. The molecular weight excluding hydrogens is 292 g/mol. The van der Waals surface area contributed by atoms with Gasteiger partial charge in [-0.3, -0.25) is 4.79 Å². The second kappa shape index (κ2) is 7.07. The Balaban J connectivity index is 2.30. The van der Waals surface area contributed by atoms with Gasteiger partial charge in [0.15, 0.2) is 0 Å². The molecule has 0 fully saturated rings. The average Bonchev–Trinajstić information content (AvgIpc) is 2.95. The summed E-state index contributed by atoms with van der Waals surface area (Å²) >= 11 is 1.23. The van der Waals surface area contributed by atoms with Gasteiger partial charge in [-0.15, -0.1) is 5.10 Å². The van der Waals surface area contributed by atoms with E-state index in [9.17, 15) is 4.79 Å². The summed E-state index contributed by atoms with van der Waals surface area (Å²) in [6, 6.07) is 7.45. The van der Waals surface area contributed by atoms with Crippen LogP contribution in [0.4, 0.5) is 0 Å². The Hall–Kier alpha value is -2.09. The highest BCUT2D eigenvalue weighted by molar-refractivity contribution is 8.00. The quantitative estimate of drug-likeness (QED) is 0.593. The van der Waals surface area contributed by atoms with Gasteiger partial charge in [0.25, 0.3) is 0 Å². The number of aromatic nitrogens is 4. The number of thioether (sulfide) groups is 1. The first-order chi connectivity index (χ1) is 10.2. The average molecular weight is 308 g/mol. The number of carbonyl (C=O) groups excluding carboxylic acids is 1. The van der Waals surface area contributed by atoms with Crippen LogP contribution in [0.3, 0.4) is 0 Å². The lowest BCUT2D eigenvalue weighted by atomic mass is 10.3. The fourth-order valence-corrected chi connectivity index (χ4v) is 2.51. The van der Waals surface area contributed by atoms with E-state index in [0.29, 0.717) is 17.5 Å². The second-order valence-electron chi connectivity index (χ2n) is 4.06. The number of hydrogen-bond donors (Lipinski definition) is 0. The van der Waals surface area contributed by atoms with E-state index in [1.165, 1.54) is 18.9 Å². The zero-order chi connectivity index (χ0) is 15.2. The van der Waals surface area contributed by atoms with Gasteiger partial charge in [0.05, 0.1) is 13.7 Å². The molecule has 2 aromatic rings. The number of ether oxygens (including phenoxy) is 2. The molecule has 0 aliphatic heterocycles.